The van der Waals surface area contributed by atoms with Crippen LogP contribution in [0.2, 0.25) is 0 Å². The fourth-order valence-electron chi connectivity index (χ4n) is 1.35. The third-order valence-electron chi connectivity index (χ3n) is 2.25. The Hall–Kier alpha value is -1.35. The monoisotopic (exact) mass is 235 g/mol. The van der Waals surface area contributed by atoms with Gasteiger partial charge in [0, 0.05) is 19.7 Å². The largest absolute Gasteiger partial charge is 0.371 e. The standard InChI is InChI=1S/C14H21NO2/c1-14(2,3)17-10-11-7-6-8-12(9-11)13(16)15(4)5/h6-9H,10H2,1-5H3. The van der Waals surface area contributed by atoms with E-state index in [1.54, 1.807) is 19.0 Å². The number of carbonyl (C=O) groups excluding carboxylic acids is 1. The summed E-state index contributed by atoms with van der Waals surface area (Å²) in [6, 6.07) is 7.56. The molecule has 1 rings (SSSR count). The summed E-state index contributed by atoms with van der Waals surface area (Å²) in [4.78, 5) is 13.4. The highest BCUT2D eigenvalue weighted by Gasteiger charge is 2.12. The Kier molecular flexibility index (Phi) is 4.29. The molecule has 0 aliphatic carbocycles. The maximum Gasteiger partial charge on any atom is 0.253 e. The predicted molar refractivity (Wildman–Crippen MR) is 69.0 cm³/mol. The Labute approximate surface area is 103 Å². The number of amides is 1. The second-order valence-corrected chi connectivity index (χ2v) is 5.30. The van der Waals surface area contributed by atoms with E-state index in [-0.39, 0.29) is 11.5 Å². The molecule has 0 aliphatic rings. The summed E-state index contributed by atoms with van der Waals surface area (Å²) in [6.07, 6.45) is 0. The van der Waals surface area contributed by atoms with E-state index in [4.69, 9.17) is 4.74 Å². The maximum absolute atomic E-state index is 11.8. The first-order chi connectivity index (χ1) is 7.79. The topological polar surface area (TPSA) is 29.5 Å². The zero-order valence-corrected chi connectivity index (χ0v) is 11.3. The van der Waals surface area contributed by atoms with E-state index in [2.05, 4.69) is 0 Å². The van der Waals surface area contributed by atoms with Gasteiger partial charge in [-0.15, -0.1) is 0 Å². The van der Waals surface area contributed by atoms with Gasteiger partial charge in [0.15, 0.2) is 0 Å². The molecule has 0 heterocycles. The minimum Gasteiger partial charge on any atom is -0.371 e. The van der Waals surface area contributed by atoms with E-state index in [0.717, 1.165) is 5.56 Å². The summed E-state index contributed by atoms with van der Waals surface area (Å²) >= 11 is 0. The summed E-state index contributed by atoms with van der Waals surface area (Å²) in [6.45, 7) is 6.57. The summed E-state index contributed by atoms with van der Waals surface area (Å²) in [7, 11) is 3.50. The molecule has 0 fully saturated rings. The van der Waals surface area contributed by atoms with Crippen molar-refractivity contribution in [3.8, 4) is 0 Å². The van der Waals surface area contributed by atoms with E-state index in [1.807, 2.05) is 45.0 Å². The molecule has 1 aromatic rings. The van der Waals surface area contributed by atoms with Crippen LogP contribution in [0.5, 0.6) is 0 Å². The molecule has 0 aliphatic heterocycles. The van der Waals surface area contributed by atoms with E-state index < -0.39 is 0 Å². The second-order valence-electron chi connectivity index (χ2n) is 5.30. The van der Waals surface area contributed by atoms with Gasteiger partial charge in [0.1, 0.15) is 0 Å². The van der Waals surface area contributed by atoms with Crippen molar-refractivity contribution >= 4 is 5.91 Å². The Bertz CT molecular complexity index is 391. The molecule has 17 heavy (non-hydrogen) atoms. The number of hydrogen-bond donors (Lipinski definition) is 0. The fraction of sp³-hybridized carbons (Fsp3) is 0.500. The third-order valence-corrected chi connectivity index (χ3v) is 2.25. The molecule has 0 spiro atoms. The summed E-state index contributed by atoms with van der Waals surface area (Å²) in [5.41, 5.74) is 1.55. The molecule has 0 saturated heterocycles. The molecular formula is C14H21NO2. The van der Waals surface area contributed by atoms with Crippen LogP contribution < -0.4 is 0 Å². The highest BCUT2D eigenvalue weighted by molar-refractivity contribution is 5.94. The zero-order valence-electron chi connectivity index (χ0n) is 11.3. The van der Waals surface area contributed by atoms with Crippen molar-refractivity contribution in [3.63, 3.8) is 0 Å². The number of rotatable bonds is 3. The third kappa shape index (κ3) is 4.57. The molecule has 1 amide bonds. The number of carbonyl (C=O) groups is 1. The molecule has 0 atom stereocenters. The second kappa shape index (κ2) is 5.32. The summed E-state index contributed by atoms with van der Waals surface area (Å²) < 4.78 is 5.69. The van der Waals surface area contributed by atoms with Gasteiger partial charge in [-0.2, -0.15) is 0 Å². The van der Waals surface area contributed by atoms with Crippen LogP contribution in [0.4, 0.5) is 0 Å². The van der Waals surface area contributed by atoms with Crippen molar-refractivity contribution in [3.05, 3.63) is 35.4 Å². The van der Waals surface area contributed by atoms with Crippen molar-refractivity contribution in [2.75, 3.05) is 14.1 Å². The fourth-order valence-corrected chi connectivity index (χ4v) is 1.35. The van der Waals surface area contributed by atoms with Gasteiger partial charge in [0.2, 0.25) is 0 Å². The summed E-state index contributed by atoms with van der Waals surface area (Å²) in [5.74, 6) is 0.0163. The van der Waals surface area contributed by atoms with Gasteiger partial charge in [-0.3, -0.25) is 4.79 Å². The lowest BCUT2D eigenvalue weighted by atomic mass is 10.1. The molecule has 3 heteroatoms. The van der Waals surface area contributed by atoms with Crippen LogP contribution in [0.25, 0.3) is 0 Å². The average molecular weight is 235 g/mol. The first kappa shape index (κ1) is 13.7. The van der Waals surface area contributed by atoms with Crippen LogP contribution in [-0.2, 0) is 11.3 Å². The zero-order chi connectivity index (χ0) is 13.1. The Balaban J connectivity index is 2.76. The Morgan fingerprint density at radius 1 is 1.29 bits per heavy atom. The molecule has 0 N–H and O–H groups in total. The minimum atomic E-state index is -0.165. The molecule has 0 radical (unpaired) electrons. The lowest BCUT2D eigenvalue weighted by Crippen LogP contribution is -2.22. The lowest BCUT2D eigenvalue weighted by Gasteiger charge is -2.19. The molecule has 0 saturated carbocycles. The van der Waals surface area contributed by atoms with E-state index in [0.29, 0.717) is 12.2 Å². The van der Waals surface area contributed by atoms with Crippen LogP contribution >= 0.6 is 0 Å². The van der Waals surface area contributed by atoms with Crippen molar-refractivity contribution in [2.45, 2.75) is 33.0 Å². The molecule has 0 unspecified atom stereocenters. The highest BCUT2D eigenvalue weighted by atomic mass is 16.5. The quantitative estimate of drug-likeness (QED) is 0.806. The van der Waals surface area contributed by atoms with Crippen LogP contribution in [-0.4, -0.2) is 30.5 Å². The van der Waals surface area contributed by atoms with Gasteiger partial charge in [0.25, 0.3) is 5.91 Å². The highest BCUT2D eigenvalue weighted by Crippen LogP contribution is 2.13. The van der Waals surface area contributed by atoms with Crippen molar-refractivity contribution in [1.82, 2.24) is 4.90 Å². The van der Waals surface area contributed by atoms with E-state index in [1.165, 1.54) is 0 Å². The van der Waals surface area contributed by atoms with Gasteiger partial charge in [-0.05, 0) is 38.5 Å². The Morgan fingerprint density at radius 2 is 1.94 bits per heavy atom. The van der Waals surface area contributed by atoms with Gasteiger partial charge >= 0.3 is 0 Å². The number of benzene rings is 1. The molecule has 94 valence electrons. The van der Waals surface area contributed by atoms with Crippen molar-refractivity contribution in [2.24, 2.45) is 0 Å². The maximum atomic E-state index is 11.8. The van der Waals surface area contributed by atoms with Crippen LogP contribution in [0.3, 0.4) is 0 Å². The predicted octanol–water partition coefficient (Wildman–Crippen LogP) is 2.70. The van der Waals surface area contributed by atoms with Gasteiger partial charge in [-0.1, -0.05) is 12.1 Å². The first-order valence-corrected chi connectivity index (χ1v) is 5.74. The number of hydrogen-bond acceptors (Lipinski definition) is 2. The van der Waals surface area contributed by atoms with Crippen molar-refractivity contribution < 1.29 is 9.53 Å². The van der Waals surface area contributed by atoms with Crippen LogP contribution in [0.15, 0.2) is 24.3 Å². The lowest BCUT2D eigenvalue weighted by molar-refractivity contribution is -0.0149. The van der Waals surface area contributed by atoms with Gasteiger partial charge < -0.3 is 9.64 Å². The van der Waals surface area contributed by atoms with Gasteiger partial charge in [-0.25, -0.2) is 0 Å². The van der Waals surface area contributed by atoms with Crippen LogP contribution in [0.1, 0.15) is 36.7 Å². The normalized spacial score (nSPS) is 11.4. The summed E-state index contributed by atoms with van der Waals surface area (Å²) in [5, 5.41) is 0. The number of ether oxygens (including phenoxy) is 1. The molecule has 0 aromatic heterocycles. The smallest absolute Gasteiger partial charge is 0.253 e. The first-order valence-electron chi connectivity index (χ1n) is 5.74. The average Bonchev–Trinajstić information content (AvgIpc) is 2.24. The van der Waals surface area contributed by atoms with E-state index in [9.17, 15) is 4.79 Å². The minimum absolute atomic E-state index is 0.0163. The SMILES string of the molecule is CN(C)C(=O)c1cccc(COC(C)(C)C)c1. The number of nitrogens with zero attached hydrogens (tertiary/aromatic N) is 1. The Morgan fingerprint density at radius 3 is 2.47 bits per heavy atom. The molecule has 0 bridgehead atoms. The van der Waals surface area contributed by atoms with Gasteiger partial charge in [0.05, 0.1) is 12.2 Å². The van der Waals surface area contributed by atoms with E-state index >= 15 is 0 Å². The van der Waals surface area contributed by atoms with Crippen molar-refractivity contribution in [1.29, 1.82) is 0 Å². The molecule has 3 nitrogen and oxygen atoms in total. The molecule has 1 aromatic carbocycles. The van der Waals surface area contributed by atoms with Crippen LogP contribution in [0, 0.1) is 0 Å². The molecular weight excluding hydrogens is 214 g/mol.